The third-order valence-corrected chi connectivity index (χ3v) is 0. The Morgan fingerprint density at radius 3 is 1.67 bits per heavy atom. The van der Waals surface area contributed by atoms with Crippen LogP contribution >= 0.6 is 0 Å². The van der Waals surface area contributed by atoms with E-state index in [1.165, 1.54) is 0 Å². The Morgan fingerprint density at radius 1 is 1.67 bits per heavy atom. The second-order valence-corrected chi connectivity index (χ2v) is 1.43. The van der Waals surface area contributed by atoms with Crippen molar-refractivity contribution in [3.63, 3.8) is 0 Å². The summed E-state index contributed by atoms with van der Waals surface area (Å²) in [6.45, 7) is 0. The second kappa shape index (κ2) is 2.92. The summed E-state index contributed by atoms with van der Waals surface area (Å²) in [5, 5.41) is 3.66. The first-order valence-corrected chi connectivity index (χ1v) is 2.17. The van der Waals surface area contributed by atoms with Crippen LogP contribution in [0.15, 0.2) is 0 Å². The van der Waals surface area contributed by atoms with E-state index in [4.69, 9.17) is 8.42 Å². The smallest absolute Gasteiger partial charge is 1.00 e. The van der Waals surface area contributed by atoms with Gasteiger partial charge >= 0.3 is 40.0 Å². The van der Waals surface area contributed by atoms with Crippen LogP contribution in [0.1, 0.15) is 1.43 Å². The van der Waals surface area contributed by atoms with Gasteiger partial charge in [0.05, 0.1) is 0 Å². The van der Waals surface area contributed by atoms with Crippen molar-refractivity contribution < 1.29 is 43.3 Å². The molecule has 0 atom stereocenters. The molecule has 0 spiro atoms. The summed E-state index contributed by atoms with van der Waals surface area (Å²) in [6, 6.07) is 0. The van der Waals surface area contributed by atoms with Crippen molar-refractivity contribution >= 4 is 10.4 Å². The van der Waals surface area contributed by atoms with Crippen LogP contribution in [0.3, 0.4) is 0 Å². The van der Waals surface area contributed by atoms with E-state index in [2.05, 4.69) is 5.14 Å². The molecule has 0 rings (SSSR count). The number of nitrogens with two attached hydrogens (primary N) is 1. The minimum Gasteiger partial charge on any atom is -1.00 e. The number of rotatable bonds is 0. The molecule has 0 aliphatic carbocycles. The van der Waals surface area contributed by atoms with Gasteiger partial charge in [0, 0.05) is 0 Å². The summed E-state index contributed by atoms with van der Waals surface area (Å²) in [4.78, 5) is 0. The van der Waals surface area contributed by atoms with Crippen LogP contribution in [-0.2, 0) is 10.4 Å². The van der Waals surface area contributed by atoms with Crippen LogP contribution in [0, 0.1) is 0 Å². The van der Waals surface area contributed by atoms with Gasteiger partial charge in [0.15, 0.2) is 0 Å². The van der Waals surface area contributed by atoms with Crippen molar-refractivity contribution in [1.29, 1.82) is 0 Å². The molecule has 0 amide bonds. The molecule has 0 heterocycles. The molecule has 0 aliphatic heterocycles. The Hall–Kier alpha value is 0.840. The van der Waals surface area contributed by atoms with Crippen LogP contribution in [0.2, 0.25) is 0 Å². The molecular formula is H3FNNaO2S. The predicted molar refractivity (Wildman–Crippen MR) is 15.3 cm³/mol. The van der Waals surface area contributed by atoms with E-state index in [-0.39, 0.29) is 31.0 Å². The molecule has 2 N–H and O–H groups in total. The molecule has 0 aliphatic rings. The Balaban J connectivity index is -0.0000000800. The zero-order valence-electron chi connectivity index (χ0n) is 4.18. The van der Waals surface area contributed by atoms with Crippen LogP contribution in [-0.4, -0.2) is 8.42 Å². The third kappa shape index (κ3) is 101. The number of hydrogen-bond donors (Lipinski definition) is 1. The van der Waals surface area contributed by atoms with Gasteiger partial charge in [-0.2, -0.15) is 8.42 Å². The maximum Gasteiger partial charge on any atom is 1.00 e. The van der Waals surface area contributed by atoms with Gasteiger partial charge in [0.2, 0.25) is 0 Å². The van der Waals surface area contributed by atoms with E-state index in [0.29, 0.717) is 0 Å². The first-order chi connectivity index (χ1) is 2.00. The first-order valence-electron chi connectivity index (χ1n) is 0.723. The fraction of sp³-hybridized carbons (Fsp3) is 0. The van der Waals surface area contributed by atoms with Crippen molar-refractivity contribution in [2.24, 2.45) is 5.14 Å². The second-order valence-electron chi connectivity index (χ2n) is 0.476. The molecule has 0 aromatic heterocycles. The van der Waals surface area contributed by atoms with E-state index in [1.807, 2.05) is 0 Å². The van der Waals surface area contributed by atoms with Gasteiger partial charge in [-0.1, -0.05) is 3.89 Å². The van der Waals surface area contributed by atoms with E-state index < -0.39 is 10.4 Å². The van der Waals surface area contributed by atoms with Crippen molar-refractivity contribution in [3.05, 3.63) is 0 Å². The van der Waals surface area contributed by atoms with Gasteiger partial charge in [-0.3, -0.25) is 0 Å². The standard InChI is InChI=1S/FH2NO2S.Na.H/c1-5(2,3)4;;/h(H2,2,3,4);;/q;+1;-1. The third-order valence-electron chi connectivity index (χ3n) is 0. The summed E-state index contributed by atoms with van der Waals surface area (Å²) in [5.41, 5.74) is 0. The molecule has 0 saturated carbocycles. The quantitative estimate of drug-likeness (QED) is 0.266. The largest absolute Gasteiger partial charge is 1.00 e. The van der Waals surface area contributed by atoms with Crippen molar-refractivity contribution in [2.45, 2.75) is 0 Å². The minimum absolute atomic E-state index is 0. The average Bonchev–Trinajstić information content (AvgIpc) is 0.722. The van der Waals surface area contributed by atoms with Gasteiger partial charge in [-0.05, 0) is 0 Å². The van der Waals surface area contributed by atoms with E-state index >= 15 is 0 Å². The summed E-state index contributed by atoms with van der Waals surface area (Å²) in [7, 11) is -4.67. The van der Waals surface area contributed by atoms with E-state index in [0.717, 1.165) is 0 Å². The summed E-state index contributed by atoms with van der Waals surface area (Å²) >= 11 is 0. The summed E-state index contributed by atoms with van der Waals surface area (Å²) < 4.78 is 27.9. The molecule has 0 bridgehead atoms. The van der Waals surface area contributed by atoms with Gasteiger partial charge in [0.25, 0.3) is 0 Å². The fourth-order valence-corrected chi connectivity index (χ4v) is 0. The predicted octanol–water partition coefficient (Wildman–Crippen LogP) is -3.72. The van der Waals surface area contributed by atoms with Crippen LogP contribution in [0.4, 0.5) is 3.89 Å². The molecule has 0 aromatic rings. The minimum atomic E-state index is -4.67. The maximum atomic E-state index is 10.4. The van der Waals surface area contributed by atoms with Crippen molar-refractivity contribution in [2.75, 3.05) is 0 Å². The molecular weight excluding hydrogens is 120 g/mol. The van der Waals surface area contributed by atoms with Crippen molar-refractivity contribution in [3.8, 4) is 0 Å². The Morgan fingerprint density at radius 2 is 1.67 bits per heavy atom. The Labute approximate surface area is 58.8 Å². The SMILES string of the molecule is NS(=O)(=O)F.[H-].[Na+]. The van der Waals surface area contributed by atoms with Crippen LogP contribution in [0.5, 0.6) is 0 Å². The molecule has 34 valence electrons. The molecule has 0 unspecified atom stereocenters. The normalized spacial score (nSPS) is 9.67. The van der Waals surface area contributed by atoms with Gasteiger partial charge < -0.3 is 1.43 Å². The van der Waals surface area contributed by atoms with Crippen molar-refractivity contribution in [1.82, 2.24) is 0 Å². The summed E-state index contributed by atoms with van der Waals surface area (Å²) in [6.07, 6.45) is 0. The zero-order valence-corrected chi connectivity index (χ0v) is 6.00. The molecule has 6 heavy (non-hydrogen) atoms. The Kier molecular flexibility index (Phi) is 4.85. The van der Waals surface area contributed by atoms with E-state index in [9.17, 15) is 3.89 Å². The maximum absolute atomic E-state index is 10.4. The topological polar surface area (TPSA) is 60.2 Å². The van der Waals surface area contributed by atoms with Crippen LogP contribution in [0.25, 0.3) is 0 Å². The van der Waals surface area contributed by atoms with Gasteiger partial charge in [-0.25, -0.2) is 5.14 Å². The molecule has 0 fully saturated rings. The van der Waals surface area contributed by atoms with E-state index in [1.54, 1.807) is 0 Å². The molecule has 6 heteroatoms. The molecule has 0 radical (unpaired) electrons. The van der Waals surface area contributed by atoms with Gasteiger partial charge in [-0.15, -0.1) is 0 Å². The fourth-order valence-electron chi connectivity index (χ4n) is 0. The number of hydrogen-bond acceptors (Lipinski definition) is 2. The molecule has 0 aromatic carbocycles. The first kappa shape index (κ1) is 9.96. The molecule has 3 nitrogen and oxygen atoms in total. The average molecular weight is 123 g/mol. The van der Waals surface area contributed by atoms with Gasteiger partial charge in [0.1, 0.15) is 0 Å². The Bertz CT molecular complexity index is 101. The summed E-state index contributed by atoms with van der Waals surface area (Å²) in [5.74, 6) is 0. The van der Waals surface area contributed by atoms with Crippen LogP contribution < -0.4 is 34.7 Å². The number of halogens is 1. The monoisotopic (exact) mass is 123 g/mol. The molecule has 0 saturated heterocycles. The zero-order chi connectivity index (χ0) is 4.50.